The fourth-order valence-electron chi connectivity index (χ4n) is 0.660. The molecule has 0 bridgehead atoms. The van der Waals surface area contributed by atoms with Gasteiger partial charge in [0.05, 0.1) is 20.1 Å². The van der Waals surface area contributed by atoms with Crippen molar-refractivity contribution in [1.29, 1.82) is 0 Å². The molecule has 0 aromatic carbocycles. The Balaban J connectivity index is 2.28. The van der Waals surface area contributed by atoms with Crippen LogP contribution in [0.2, 0.25) is 0 Å². The zero-order valence-electron chi connectivity index (χ0n) is 5.94. The van der Waals surface area contributed by atoms with Crippen molar-refractivity contribution in [3.8, 4) is 0 Å². The third-order valence-electron chi connectivity index (χ3n) is 1.19. The lowest BCUT2D eigenvalue weighted by Crippen LogP contribution is -2.16. The van der Waals surface area contributed by atoms with Crippen LogP contribution in [0.1, 0.15) is 6.42 Å². The molecule has 1 rings (SSSR count). The number of hydrogen-bond donors (Lipinski definition) is 0. The zero-order chi connectivity index (χ0) is 8.27. The van der Waals surface area contributed by atoms with Crippen LogP contribution >= 0.6 is 0 Å². The minimum atomic E-state index is -1.68. The van der Waals surface area contributed by atoms with Crippen LogP contribution in [0.4, 0.5) is 0 Å². The lowest BCUT2D eigenvalue weighted by Gasteiger charge is -2.01. The molecule has 0 N–H and O–H groups in total. The maximum atomic E-state index is 10.6. The monoisotopic (exact) mass is 180 g/mol. The Hall–Kier alpha value is -0.460. The maximum absolute atomic E-state index is 10.6. The number of carbonyl (C=O) groups excluding carboxylic acids is 1. The van der Waals surface area contributed by atoms with Crippen LogP contribution in [0.25, 0.3) is 0 Å². The number of esters is 1. The summed E-state index contributed by atoms with van der Waals surface area (Å²) in [7, 11) is 1.29. The van der Waals surface area contributed by atoms with E-state index in [2.05, 4.69) is 13.1 Å². The Labute approximate surface area is 66.5 Å². The van der Waals surface area contributed by atoms with Crippen LogP contribution in [0.15, 0.2) is 0 Å². The number of hydrogen-bond acceptors (Lipinski definition) is 5. The summed E-state index contributed by atoms with van der Waals surface area (Å²) in [5, 5.41) is 0. The summed E-state index contributed by atoms with van der Waals surface area (Å²) in [6.07, 6.45) is -0.342. The SMILES string of the molecule is COC(=O)C[C@@H]1CO[S@](=O)O1. The fraction of sp³-hybridized carbons (Fsp3) is 0.800. The van der Waals surface area contributed by atoms with Crippen LogP contribution < -0.4 is 0 Å². The molecular weight excluding hydrogens is 172 g/mol. The Morgan fingerprint density at radius 3 is 3.00 bits per heavy atom. The van der Waals surface area contributed by atoms with Crippen molar-refractivity contribution in [2.45, 2.75) is 12.5 Å². The summed E-state index contributed by atoms with van der Waals surface area (Å²) < 4.78 is 24.0. The molecule has 0 amide bonds. The molecule has 11 heavy (non-hydrogen) atoms. The van der Waals surface area contributed by atoms with Crippen LogP contribution in [0.5, 0.6) is 0 Å². The molecule has 64 valence electrons. The van der Waals surface area contributed by atoms with Gasteiger partial charge in [-0.25, -0.2) is 0 Å². The van der Waals surface area contributed by atoms with E-state index in [1.807, 2.05) is 0 Å². The molecule has 0 spiro atoms. The number of methoxy groups -OCH3 is 1. The van der Waals surface area contributed by atoms with E-state index >= 15 is 0 Å². The summed E-state index contributed by atoms with van der Waals surface area (Å²) in [6.45, 7) is 0.182. The lowest BCUT2D eigenvalue weighted by molar-refractivity contribution is -0.142. The van der Waals surface area contributed by atoms with Gasteiger partial charge in [-0.15, -0.1) is 0 Å². The highest BCUT2D eigenvalue weighted by Gasteiger charge is 2.25. The van der Waals surface area contributed by atoms with Gasteiger partial charge in [0, 0.05) is 0 Å². The molecule has 1 aliphatic heterocycles. The average molecular weight is 180 g/mol. The molecule has 0 unspecified atom stereocenters. The number of carbonyl (C=O) groups is 1. The average Bonchev–Trinajstić information content (AvgIpc) is 2.35. The molecule has 0 aromatic heterocycles. The quantitative estimate of drug-likeness (QED) is 0.538. The number of rotatable bonds is 2. The van der Waals surface area contributed by atoms with Crippen LogP contribution in [0, 0.1) is 0 Å². The molecular formula is C5H8O5S. The van der Waals surface area contributed by atoms with Crippen molar-refractivity contribution in [3.05, 3.63) is 0 Å². The van der Waals surface area contributed by atoms with E-state index in [-0.39, 0.29) is 13.0 Å². The predicted octanol–water partition coefficient (Wildman–Crippen LogP) is -0.456. The van der Waals surface area contributed by atoms with E-state index in [0.717, 1.165) is 0 Å². The normalized spacial score (nSPS) is 30.3. The van der Waals surface area contributed by atoms with Crippen LogP contribution in [0.3, 0.4) is 0 Å². The van der Waals surface area contributed by atoms with Crippen molar-refractivity contribution in [3.63, 3.8) is 0 Å². The smallest absolute Gasteiger partial charge is 0.308 e. The minimum Gasteiger partial charge on any atom is -0.469 e. The third kappa shape index (κ3) is 2.57. The van der Waals surface area contributed by atoms with E-state index in [9.17, 15) is 9.00 Å². The van der Waals surface area contributed by atoms with E-state index in [0.29, 0.717) is 0 Å². The first-order valence-corrected chi connectivity index (χ1v) is 4.01. The summed E-state index contributed by atoms with van der Waals surface area (Å²) in [5.74, 6) is -0.391. The largest absolute Gasteiger partial charge is 0.469 e. The van der Waals surface area contributed by atoms with Crippen molar-refractivity contribution in [2.75, 3.05) is 13.7 Å². The van der Waals surface area contributed by atoms with E-state index in [1.54, 1.807) is 0 Å². The molecule has 1 heterocycles. The highest BCUT2D eigenvalue weighted by molar-refractivity contribution is 7.75. The molecule has 1 saturated heterocycles. The van der Waals surface area contributed by atoms with Gasteiger partial charge in [0.2, 0.25) is 0 Å². The minimum absolute atomic E-state index is 0.0856. The van der Waals surface area contributed by atoms with Gasteiger partial charge in [-0.1, -0.05) is 0 Å². The Morgan fingerprint density at radius 1 is 1.82 bits per heavy atom. The van der Waals surface area contributed by atoms with Crippen LogP contribution in [-0.4, -0.2) is 30.0 Å². The fourth-order valence-corrected chi connectivity index (χ4v) is 1.32. The molecule has 0 aromatic rings. The van der Waals surface area contributed by atoms with Gasteiger partial charge in [-0.05, 0) is 0 Å². The van der Waals surface area contributed by atoms with Crippen molar-refractivity contribution in [1.82, 2.24) is 0 Å². The van der Waals surface area contributed by atoms with E-state index in [4.69, 9.17) is 0 Å². The van der Waals surface area contributed by atoms with E-state index in [1.165, 1.54) is 7.11 Å². The second kappa shape index (κ2) is 3.80. The molecule has 1 fully saturated rings. The molecule has 6 heteroatoms. The molecule has 1 aliphatic rings. The summed E-state index contributed by atoms with van der Waals surface area (Å²) >= 11 is -1.68. The molecule has 5 nitrogen and oxygen atoms in total. The lowest BCUT2D eigenvalue weighted by atomic mass is 10.3. The summed E-state index contributed by atoms with van der Waals surface area (Å²) in [4.78, 5) is 10.6. The topological polar surface area (TPSA) is 61.8 Å². The Kier molecular flexibility index (Phi) is 2.98. The zero-order valence-corrected chi connectivity index (χ0v) is 6.76. The predicted molar refractivity (Wildman–Crippen MR) is 35.6 cm³/mol. The standard InChI is InChI=1S/C5H8O5S/c1-8-5(6)2-4-3-9-11(7)10-4/h4H,2-3H2,1H3/t4-,11+/m1/s1. The molecule has 0 radical (unpaired) electrons. The van der Waals surface area contributed by atoms with Gasteiger partial charge in [0.15, 0.2) is 0 Å². The summed E-state index contributed by atoms with van der Waals surface area (Å²) in [5.41, 5.74) is 0. The van der Waals surface area contributed by atoms with Crippen molar-refractivity contribution >= 4 is 17.3 Å². The molecule has 0 aliphatic carbocycles. The highest BCUT2D eigenvalue weighted by Crippen LogP contribution is 2.12. The van der Waals surface area contributed by atoms with E-state index < -0.39 is 23.4 Å². The third-order valence-corrected chi connectivity index (χ3v) is 1.94. The van der Waals surface area contributed by atoms with Gasteiger partial charge < -0.3 is 4.74 Å². The summed E-state index contributed by atoms with van der Waals surface area (Å²) in [6, 6.07) is 0. The molecule has 2 atom stereocenters. The first-order valence-electron chi connectivity index (χ1n) is 3.01. The van der Waals surface area contributed by atoms with Gasteiger partial charge >= 0.3 is 17.3 Å². The second-order valence-electron chi connectivity index (χ2n) is 1.99. The van der Waals surface area contributed by atoms with Crippen molar-refractivity contribution in [2.24, 2.45) is 0 Å². The first kappa shape index (κ1) is 8.63. The van der Waals surface area contributed by atoms with Crippen molar-refractivity contribution < 1.29 is 22.1 Å². The highest BCUT2D eigenvalue weighted by atomic mass is 32.2. The van der Waals surface area contributed by atoms with Gasteiger partial charge in [-0.2, -0.15) is 4.21 Å². The second-order valence-corrected chi connectivity index (χ2v) is 2.82. The first-order chi connectivity index (χ1) is 5.22. The number of ether oxygens (including phenoxy) is 1. The Morgan fingerprint density at radius 2 is 2.55 bits per heavy atom. The Bertz CT molecular complexity index is 180. The maximum Gasteiger partial charge on any atom is 0.308 e. The molecule has 0 saturated carbocycles. The van der Waals surface area contributed by atoms with Gasteiger partial charge in [0.1, 0.15) is 6.10 Å². The van der Waals surface area contributed by atoms with Gasteiger partial charge in [-0.3, -0.25) is 13.2 Å². The van der Waals surface area contributed by atoms with Crippen LogP contribution in [-0.2, 0) is 29.3 Å². The van der Waals surface area contributed by atoms with Gasteiger partial charge in [0.25, 0.3) is 0 Å².